The minimum absolute atomic E-state index is 0.0662. The van der Waals surface area contributed by atoms with Crippen molar-refractivity contribution in [3.05, 3.63) is 69.6 Å². The number of aromatic nitrogens is 1. The lowest BCUT2D eigenvalue weighted by Gasteiger charge is -2.28. The Balaban J connectivity index is 1.46. The van der Waals surface area contributed by atoms with Crippen LogP contribution < -0.4 is 10.3 Å². The number of nitrogens with one attached hydrogen (secondary N) is 1. The number of nitro benzene ring substituents is 1. The van der Waals surface area contributed by atoms with E-state index in [0.717, 1.165) is 11.3 Å². The molecule has 0 spiro atoms. The summed E-state index contributed by atoms with van der Waals surface area (Å²) in [4.78, 5) is 17.6. The van der Waals surface area contributed by atoms with E-state index in [4.69, 9.17) is 4.74 Å². The highest BCUT2D eigenvalue weighted by molar-refractivity contribution is 7.14. The Morgan fingerprint density at radius 2 is 2.00 bits per heavy atom. The second-order valence-electron chi connectivity index (χ2n) is 6.38. The van der Waals surface area contributed by atoms with Crippen molar-refractivity contribution >= 4 is 34.1 Å². The zero-order valence-electron chi connectivity index (χ0n) is 15.5. The highest BCUT2D eigenvalue weighted by Gasteiger charge is 2.21. The van der Waals surface area contributed by atoms with Crippen LogP contribution in [0.2, 0.25) is 0 Å². The molecule has 148 valence electrons. The molecule has 1 aromatic heterocycles. The number of nitrogens with zero attached hydrogens (tertiary/aromatic N) is 4. The first-order valence-corrected chi connectivity index (χ1v) is 10.00. The van der Waals surface area contributed by atoms with E-state index < -0.39 is 0 Å². The maximum Gasteiger partial charge on any atom is 0.293 e. The van der Waals surface area contributed by atoms with Crippen molar-refractivity contribution in [2.45, 2.75) is 0 Å². The van der Waals surface area contributed by atoms with Gasteiger partial charge in [-0.15, -0.1) is 11.3 Å². The molecule has 0 atom stereocenters. The first-order valence-electron chi connectivity index (χ1n) is 9.12. The van der Waals surface area contributed by atoms with Crippen LogP contribution in [0.5, 0.6) is 0 Å². The number of benzene rings is 2. The molecule has 9 heteroatoms. The summed E-state index contributed by atoms with van der Waals surface area (Å²) in [5.74, 6) is 0. The monoisotopic (exact) mass is 409 g/mol. The van der Waals surface area contributed by atoms with E-state index in [-0.39, 0.29) is 10.6 Å². The van der Waals surface area contributed by atoms with Gasteiger partial charge in [0.15, 0.2) is 0 Å². The molecule has 8 nitrogen and oxygen atoms in total. The normalized spacial score (nSPS) is 14.3. The Kier molecular flexibility index (Phi) is 5.78. The van der Waals surface area contributed by atoms with E-state index in [0.29, 0.717) is 42.7 Å². The van der Waals surface area contributed by atoms with Gasteiger partial charge in [0.25, 0.3) is 5.69 Å². The van der Waals surface area contributed by atoms with Crippen LogP contribution >= 0.6 is 11.3 Å². The molecular weight excluding hydrogens is 390 g/mol. The lowest BCUT2D eigenvalue weighted by Crippen LogP contribution is -2.36. The Hall–Kier alpha value is -3.30. The van der Waals surface area contributed by atoms with Gasteiger partial charge in [-0.25, -0.2) is 4.98 Å². The van der Waals surface area contributed by atoms with Crippen molar-refractivity contribution in [1.82, 2.24) is 4.98 Å². The fourth-order valence-electron chi connectivity index (χ4n) is 3.07. The van der Waals surface area contributed by atoms with E-state index >= 15 is 0 Å². The standard InChI is InChI=1S/C20H19N5O3S/c26-25(27)19-12-15(6-7-18(19)24-8-10-28-11-9-24)13-21-23-20-22-17(14-29-20)16-4-2-1-3-5-16/h1-7,12-14H,8-11H2,(H,22,23). The molecule has 0 radical (unpaired) electrons. The number of ether oxygens (including phenoxy) is 1. The Morgan fingerprint density at radius 3 is 2.76 bits per heavy atom. The predicted octanol–water partition coefficient (Wildman–Crippen LogP) is 4.00. The topological polar surface area (TPSA) is 92.9 Å². The molecule has 0 unspecified atom stereocenters. The lowest BCUT2D eigenvalue weighted by atomic mass is 10.1. The minimum Gasteiger partial charge on any atom is -0.378 e. The van der Waals surface area contributed by atoms with Gasteiger partial charge >= 0.3 is 0 Å². The molecule has 1 aliphatic rings. The van der Waals surface area contributed by atoms with Gasteiger partial charge in [0.05, 0.1) is 30.0 Å². The summed E-state index contributed by atoms with van der Waals surface area (Å²) in [5, 5.41) is 18.3. The number of hydrazone groups is 1. The molecule has 0 bridgehead atoms. The summed E-state index contributed by atoms with van der Waals surface area (Å²) in [6, 6.07) is 15.0. The average molecular weight is 409 g/mol. The molecule has 2 heterocycles. The molecule has 1 N–H and O–H groups in total. The smallest absolute Gasteiger partial charge is 0.293 e. The fourth-order valence-corrected chi connectivity index (χ4v) is 3.74. The average Bonchev–Trinajstić information content (AvgIpc) is 3.24. The Labute approximate surface area is 171 Å². The summed E-state index contributed by atoms with van der Waals surface area (Å²) in [7, 11) is 0. The third-order valence-electron chi connectivity index (χ3n) is 4.50. The van der Waals surface area contributed by atoms with Gasteiger partial charge in [0, 0.05) is 35.7 Å². The van der Waals surface area contributed by atoms with Crippen LogP contribution in [0.1, 0.15) is 5.56 Å². The van der Waals surface area contributed by atoms with Crippen LogP contribution in [-0.2, 0) is 4.74 Å². The molecule has 29 heavy (non-hydrogen) atoms. The molecule has 4 rings (SSSR count). The maximum absolute atomic E-state index is 11.5. The molecule has 3 aromatic rings. The maximum atomic E-state index is 11.5. The van der Waals surface area contributed by atoms with Gasteiger partial charge < -0.3 is 9.64 Å². The highest BCUT2D eigenvalue weighted by atomic mass is 32.1. The third kappa shape index (κ3) is 4.58. The van der Waals surface area contributed by atoms with E-state index in [1.807, 2.05) is 46.7 Å². The van der Waals surface area contributed by atoms with E-state index in [2.05, 4.69) is 15.5 Å². The number of anilines is 2. The Bertz CT molecular complexity index is 1020. The summed E-state index contributed by atoms with van der Waals surface area (Å²) < 4.78 is 5.32. The van der Waals surface area contributed by atoms with Crippen molar-refractivity contribution in [2.24, 2.45) is 5.10 Å². The summed E-state index contributed by atoms with van der Waals surface area (Å²) in [5.41, 5.74) is 6.11. The van der Waals surface area contributed by atoms with Gasteiger partial charge in [-0.3, -0.25) is 15.5 Å². The van der Waals surface area contributed by atoms with E-state index in [1.54, 1.807) is 12.3 Å². The van der Waals surface area contributed by atoms with Crippen LogP contribution in [0.4, 0.5) is 16.5 Å². The van der Waals surface area contributed by atoms with Crippen LogP contribution in [0.15, 0.2) is 59.0 Å². The number of nitro groups is 1. The number of hydrogen-bond acceptors (Lipinski definition) is 8. The lowest BCUT2D eigenvalue weighted by molar-refractivity contribution is -0.384. The second kappa shape index (κ2) is 8.80. The van der Waals surface area contributed by atoms with Crippen molar-refractivity contribution in [3.63, 3.8) is 0 Å². The Morgan fingerprint density at radius 1 is 1.21 bits per heavy atom. The van der Waals surface area contributed by atoms with Gasteiger partial charge in [0.1, 0.15) is 5.69 Å². The number of morpholine rings is 1. The zero-order valence-corrected chi connectivity index (χ0v) is 16.3. The SMILES string of the molecule is O=[N+]([O-])c1cc(C=NNc2nc(-c3ccccc3)cs2)ccc1N1CCOCC1. The molecule has 1 saturated heterocycles. The third-order valence-corrected chi connectivity index (χ3v) is 5.24. The largest absolute Gasteiger partial charge is 0.378 e. The van der Waals surface area contributed by atoms with Crippen LogP contribution in [0.25, 0.3) is 11.3 Å². The molecule has 0 aliphatic carbocycles. The fraction of sp³-hybridized carbons (Fsp3) is 0.200. The van der Waals surface area contributed by atoms with Crippen molar-refractivity contribution in [2.75, 3.05) is 36.6 Å². The van der Waals surface area contributed by atoms with E-state index in [1.165, 1.54) is 17.4 Å². The van der Waals surface area contributed by atoms with Gasteiger partial charge in [0.2, 0.25) is 5.13 Å². The summed E-state index contributed by atoms with van der Waals surface area (Å²) >= 11 is 1.45. The van der Waals surface area contributed by atoms with Crippen LogP contribution in [0, 0.1) is 10.1 Å². The van der Waals surface area contributed by atoms with Gasteiger partial charge in [-0.1, -0.05) is 36.4 Å². The number of thiazole rings is 1. The highest BCUT2D eigenvalue weighted by Crippen LogP contribution is 2.29. The van der Waals surface area contributed by atoms with Crippen LogP contribution in [0.3, 0.4) is 0 Å². The summed E-state index contributed by atoms with van der Waals surface area (Å²) in [6.07, 6.45) is 1.56. The van der Waals surface area contributed by atoms with Crippen molar-refractivity contribution in [3.8, 4) is 11.3 Å². The first kappa shape index (κ1) is 19.0. The quantitative estimate of drug-likeness (QED) is 0.376. The van der Waals surface area contributed by atoms with Crippen molar-refractivity contribution in [1.29, 1.82) is 0 Å². The second-order valence-corrected chi connectivity index (χ2v) is 7.24. The van der Waals surface area contributed by atoms with Gasteiger partial charge in [-0.2, -0.15) is 5.10 Å². The van der Waals surface area contributed by atoms with E-state index in [9.17, 15) is 10.1 Å². The molecule has 0 saturated carbocycles. The number of hydrogen-bond donors (Lipinski definition) is 1. The first-order chi connectivity index (χ1) is 14.2. The molecule has 1 fully saturated rings. The van der Waals surface area contributed by atoms with Gasteiger partial charge in [-0.05, 0) is 6.07 Å². The predicted molar refractivity (Wildman–Crippen MR) is 115 cm³/mol. The zero-order chi connectivity index (χ0) is 20.1. The molecule has 0 amide bonds. The molecule has 2 aromatic carbocycles. The minimum atomic E-state index is -0.359. The molecule has 1 aliphatic heterocycles. The molecular formula is C20H19N5O3S. The summed E-state index contributed by atoms with van der Waals surface area (Å²) in [6.45, 7) is 2.43. The van der Waals surface area contributed by atoms with Crippen LogP contribution in [-0.4, -0.2) is 42.4 Å². The number of rotatable bonds is 6. The van der Waals surface area contributed by atoms with Crippen molar-refractivity contribution < 1.29 is 9.66 Å².